The molecule has 0 bridgehead atoms. The molecule has 5 rings (SSSR count). The van der Waals surface area contributed by atoms with Gasteiger partial charge in [-0.2, -0.15) is 10.1 Å². The largest absolute Gasteiger partial charge is 0.455 e. The molecule has 0 spiro atoms. The van der Waals surface area contributed by atoms with Crippen molar-refractivity contribution in [2.24, 2.45) is 13.0 Å². The first kappa shape index (κ1) is 23.4. The van der Waals surface area contributed by atoms with E-state index in [1.807, 2.05) is 28.4 Å². The van der Waals surface area contributed by atoms with Crippen molar-refractivity contribution in [1.29, 1.82) is 0 Å². The van der Waals surface area contributed by atoms with Gasteiger partial charge in [0.25, 0.3) is 0 Å². The maximum atomic E-state index is 12.0. The molecule has 2 N–H and O–H groups in total. The van der Waals surface area contributed by atoms with E-state index in [9.17, 15) is 4.79 Å². The first-order valence-corrected chi connectivity index (χ1v) is 11.8. The molecule has 36 heavy (non-hydrogen) atoms. The Morgan fingerprint density at radius 3 is 2.72 bits per heavy atom. The lowest BCUT2D eigenvalue weighted by atomic mass is 9.92. The van der Waals surface area contributed by atoms with Crippen molar-refractivity contribution < 1.29 is 9.53 Å². The highest BCUT2D eigenvalue weighted by Gasteiger charge is 2.29. The Hall–Kier alpha value is -4.39. The van der Waals surface area contributed by atoms with Gasteiger partial charge in [0.15, 0.2) is 11.5 Å². The van der Waals surface area contributed by atoms with Crippen LogP contribution in [0.15, 0.2) is 36.7 Å². The van der Waals surface area contributed by atoms with Gasteiger partial charge in [-0.15, -0.1) is 6.42 Å². The van der Waals surface area contributed by atoms with Crippen molar-refractivity contribution in [1.82, 2.24) is 29.3 Å². The molecule has 0 unspecified atom stereocenters. The highest BCUT2D eigenvalue weighted by atomic mass is 16.5. The summed E-state index contributed by atoms with van der Waals surface area (Å²) in [5.41, 5.74) is 2.27. The van der Waals surface area contributed by atoms with Crippen molar-refractivity contribution >= 4 is 34.7 Å². The monoisotopic (exact) mass is 484 g/mol. The first-order valence-electron chi connectivity index (χ1n) is 11.8. The minimum Gasteiger partial charge on any atom is -0.455 e. The van der Waals surface area contributed by atoms with Crippen LogP contribution in [0, 0.1) is 18.3 Å². The summed E-state index contributed by atoms with van der Waals surface area (Å²) in [6.45, 7) is 6.75. The summed E-state index contributed by atoms with van der Waals surface area (Å²) in [5.74, 6) is 5.55. The number of rotatable bonds is 7. The van der Waals surface area contributed by atoms with E-state index >= 15 is 0 Å². The number of terminal acetylenes is 1. The van der Waals surface area contributed by atoms with Crippen molar-refractivity contribution in [3.63, 3.8) is 0 Å². The van der Waals surface area contributed by atoms with Crippen molar-refractivity contribution in [2.75, 3.05) is 10.6 Å². The molecule has 4 aromatic rings. The lowest BCUT2D eigenvalue weighted by Gasteiger charge is -2.18. The third-order valence-electron chi connectivity index (χ3n) is 5.91. The number of aromatic nitrogens is 6. The van der Waals surface area contributed by atoms with Crippen LogP contribution in [0.1, 0.15) is 39.3 Å². The molecule has 4 heterocycles. The minimum absolute atomic E-state index is 0.00334. The molecule has 184 valence electrons. The van der Waals surface area contributed by atoms with E-state index in [1.165, 1.54) is 0 Å². The van der Waals surface area contributed by atoms with Gasteiger partial charge in [-0.25, -0.2) is 9.97 Å². The maximum absolute atomic E-state index is 12.0. The Kier molecular flexibility index (Phi) is 5.84. The number of imidazole rings is 1. The molecule has 4 aromatic heterocycles. The lowest BCUT2D eigenvalue weighted by Crippen LogP contribution is -2.18. The Balaban J connectivity index is 1.36. The van der Waals surface area contributed by atoms with Crippen molar-refractivity contribution in [3.05, 3.63) is 42.4 Å². The van der Waals surface area contributed by atoms with Gasteiger partial charge in [0.05, 0.1) is 11.7 Å². The average molecular weight is 485 g/mol. The second-order valence-corrected chi connectivity index (χ2v) is 9.90. The van der Waals surface area contributed by atoms with Gasteiger partial charge in [0, 0.05) is 48.5 Å². The molecular formula is C26H28N8O2. The zero-order valence-electron chi connectivity index (χ0n) is 20.7. The van der Waals surface area contributed by atoms with Crippen LogP contribution in [0.2, 0.25) is 0 Å². The topological polar surface area (TPSA) is 112 Å². The fourth-order valence-electron chi connectivity index (χ4n) is 3.87. The Bertz CT molecular complexity index is 1480. The van der Waals surface area contributed by atoms with Crippen LogP contribution in [0.4, 0.5) is 17.6 Å². The molecule has 1 amide bonds. The number of nitrogens with zero attached hydrogens (tertiary/aromatic N) is 6. The molecule has 1 aliphatic rings. The van der Waals surface area contributed by atoms with Gasteiger partial charge < -0.3 is 19.9 Å². The Morgan fingerprint density at radius 2 is 2.00 bits per heavy atom. The van der Waals surface area contributed by atoms with Crippen molar-refractivity contribution in [2.45, 2.75) is 45.6 Å². The number of ether oxygens (including phenoxy) is 1. The zero-order valence-corrected chi connectivity index (χ0v) is 20.7. The zero-order chi connectivity index (χ0) is 25.4. The standard InChI is InChI=1S/C26H28N8O2/c1-6-11-34-20(26(2,3)4)14-22(32-34)30-25-31-23-19(33(25)5)12-18(15-28-23)36-17-9-10-27-21(13-17)29-24(35)16-7-8-16/h1,9-10,12-16H,7-8,11H2,2-5H3,(H,27,29,35)(H,28,30,31,32). The quantitative estimate of drug-likeness (QED) is 0.375. The lowest BCUT2D eigenvalue weighted by molar-refractivity contribution is -0.117. The minimum atomic E-state index is -0.114. The second-order valence-electron chi connectivity index (χ2n) is 9.90. The van der Waals surface area contributed by atoms with Crippen LogP contribution in [-0.4, -0.2) is 35.2 Å². The molecule has 0 radical (unpaired) electrons. The third kappa shape index (κ3) is 4.86. The Labute approximate surface area is 209 Å². The van der Waals surface area contributed by atoms with E-state index in [0.717, 1.165) is 24.1 Å². The van der Waals surface area contributed by atoms with E-state index in [4.69, 9.17) is 11.2 Å². The van der Waals surface area contributed by atoms with Gasteiger partial charge in [0.1, 0.15) is 23.9 Å². The van der Waals surface area contributed by atoms with E-state index in [0.29, 0.717) is 41.3 Å². The molecular weight excluding hydrogens is 456 g/mol. The summed E-state index contributed by atoms with van der Waals surface area (Å²) in [5, 5.41) is 10.7. The van der Waals surface area contributed by atoms with E-state index in [-0.39, 0.29) is 17.2 Å². The van der Waals surface area contributed by atoms with Gasteiger partial charge in [-0.3, -0.25) is 9.48 Å². The fourth-order valence-corrected chi connectivity index (χ4v) is 3.87. The first-order chi connectivity index (χ1) is 17.2. The molecule has 0 saturated heterocycles. The number of anilines is 3. The fraction of sp³-hybridized carbons (Fsp3) is 0.346. The SMILES string of the molecule is C#CCn1nc(Nc2nc3ncc(Oc4ccnc(NC(=O)C5CC5)c4)cc3n2C)cc1C(C)(C)C. The normalized spacial score (nSPS) is 13.4. The molecule has 1 aliphatic carbocycles. The van der Waals surface area contributed by atoms with Crippen LogP contribution in [0.25, 0.3) is 11.2 Å². The summed E-state index contributed by atoms with van der Waals surface area (Å²) < 4.78 is 9.71. The van der Waals surface area contributed by atoms with Crippen LogP contribution in [0.3, 0.4) is 0 Å². The number of fused-ring (bicyclic) bond motifs is 1. The predicted molar refractivity (Wildman–Crippen MR) is 137 cm³/mol. The van der Waals surface area contributed by atoms with Crippen molar-refractivity contribution in [3.8, 4) is 23.8 Å². The smallest absolute Gasteiger partial charge is 0.228 e. The maximum Gasteiger partial charge on any atom is 0.228 e. The summed E-state index contributed by atoms with van der Waals surface area (Å²) in [6.07, 6.45) is 10.6. The number of carbonyl (C=O) groups is 1. The predicted octanol–water partition coefficient (Wildman–Crippen LogP) is 4.37. The van der Waals surface area contributed by atoms with E-state index in [2.05, 4.69) is 57.4 Å². The second kappa shape index (κ2) is 9.00. The molecule has 1 saturated carbocycles. The van der Waals surface area contributed by atoms with Crippen LogP contribution >= 0.6 is 0 Å². The number of carbonyl (C=O) groups excluding carboxylic acids is 1. The number of nitrogens with one attached hydrogen (secondary N) is 2. The highest BCUT2D eigenvalue weighted by molar-refractivity contribution is 5.93. The van der Waals surface area contributed by atoms with Gasteiger partial charge in [0.2, 0.25) is 11.9 Å². The summed E-state index contributed by atoms with van der Waals surface area (Å²) in [6, 6.07) is 7.27. The summed E-state index contributed by atoms with van der Waals surface area (Å²) in [7, 11) is 1.89. The molecule has 10 heteroatoms. The van der Waals surface area contributed by atoms with E-state index < -0.39 is 0 Å². The van der Waals surface area contributed by atoms with Gasteiger partial charge in [-0.05, 0) is 18.9 Å². The van der Waals surface area contributed by atoms with Gasteiger partial charge >= 0.3 is 0 Å². The molecule has 0 atom stereocenters. The summed E-state index contributed by atoms with van der Waals surface area (Å²) in [4.78, 5) is 25.3. The molecule has 10 nitrogen and oxygen atoms in total. The van der Waals surface area contributed by atoms with Crippen LogP contribution in [-0.2, 0) is 23.8 Å². The van der Waals surface area contributed by atoms with E-state index in [1.54, 1.807) is 24.5 Å². The van der Waals surface area contributed by atoms with Gasteiger partial charge in [-0.1, -0.05) is 26.7 Å². The number of hydrogen-bond donors (Lipinski definition) is 2. The average Bonchev–Trinajstić information content (AvgIpc) is 3.53. The molecule has 1 fully saturated rings. The highest BCUT2D eigenvalue weighted by Crippen LogP contribution is 2.31. The number of amides is 1. The summed E-state index contributed by atoms with van der Waals surface area (Å²) >= 11 is 0. The molecule has 0 aromatic carbocycles. The number of hydrogen-bond acceptors (Lipinski definition) is 7. The number of pyridine rings is 2. The third-order valence-corrected chi connectivity index (χ3v) is 5.91. The molecule has 0 aliphatic heterocycles. The van der Waals surface area contributed by atoms with Crippen LogP contribution in [0.5, 0.6) is 11.5 Å². The van der Waals surface area contributed by atoms with Crippen LogP contribution < -0.4 is 15.4 Å². The Morgan fingerprint density at radius 1 is 1.19 bits per heavy atom. The number of aryl methyl sites for hydroxylation is 1.